The van der Waals surface area contributed by atoms with Crippen molar-refractivity contribution in [1.82, 2.24) is 0 Å². The highest BCUT2D eigenvalue weighted by molar-refractivity contribution is 5.72. The van der Waals surface area contributed by atoms with Crippen LogP contribution < -0.4 is 10.2 Å². The second-order valence-corrected chi connectivity index (χ2v) is 7.20. The Bertz CT molecular complexity index is 564. The molecule has 0 aromatic carbocycles. The topological polar surface area (TPSA) is 76.7 Å². The maximum absolute atomic E-state index is 11.8. The average molecular weight is 381 g/mol. The van der Waals surface area contributed by atoms with Gasteiger partial charge in [-0.15, -0.1) is 0 Å². The molecule has 0 aliphatic rings. The number of esters is 1. The first-order chi connectivity index (χ1) is 13.2. The molecule has 0 radical (unpaired) electrons. The van der Waals surface area contributed by atoms with Gasteiger partial charge in [0, 0.05) is 12.5 Å². The van der Waals surface area contributed by atoms with Crippen molar-refractivity contribution in [3.05, 3.63) is 28.3 Å². The van der Waals surface area contributed by atoms with Gasteiger partial charge in [-0.1, -0.05) is 84.0 Å². The lowest BCUT2D eigenvalue weighted by atomic mass is 10.0. The number of carbonyl (C=O) groups excluding carboxylic acids is 1. The molecule has 0 aliphatic carbocycles. The molecule has 0 atom stereocenters. The number of aliphatic hydroxyl groups is 1. The third kappa shape index (κ3) is 11.6. The van der Waals surface area contributed by atoms with E-state index in [4.69, 9.17) is 14.3 Å². The SMILES string of the molecule is CCCCCCCCCCCCCCCC(=O)Oc1coc(CO)cc1=O. The molecule has 0 amide bonds. The largest absolute Gasteiger partial charge is 0.463 e. The van der Waals surface area contributed by atoms with E-state index >= 15 is 0 Å². The van der Waals surface area contributed by atoms with Crippen molar-refractivity contribution in [3.8, 4) is 5.75 Å². The summed E-state index contributed by atoms with van der Waals surface area (Å²) >= 11 is 0. The summed E-state index contributed by atoms with van der Waals surface area (Å²) in [6, 6.07) is 1.13. The number of ether oxygens (including phenoxy) is 1. The van der Waals surface area contributed by atoms with E-state index in [1.165, 1.54) is 64.2 Å². The standard InChI is InChI=1S/C22H36O5/c1-2-3-4-5-6-7-8-9-10-11-12-13-14-15-22(25)27-21-18-26-19(17-23)16-20(21)24/h16,18,23H,2-15,17H2,1H3. The molecule has 1 aromatic heterocycles. The van der Waals surface area contributed by atoms with E-state index in [-0.39, 0.29) is 18.1 Å². The second-order valence-electron chi connectivity index (χ2n) is 7.20. The van der Waals surface area contributed by atoms with Crippen LogP contribution in [0.1, 0.15) is 103 Å². The summed E-state index contributed by atoms with van der Waals surface area (Å²) in [5, 5.41) is 8.88. The monoisotopic (exact) mass is 380 g/mol. The molecular weight excluding hydrogens is 344 g/mol. The number of hydrogen-bond acceptors (Lipinski definition) is 5. The third-order valence-corrected chi connectivity index (χ3v) is 4.72. The molecule has 5 nitrogen and oxygen atoms in total. The Hall–Kier alpha value is -1.62. The van der Waals surface area contributed by atoms with Gasteiger partial charge in [0.2, 0.25) is 11.2 Å². The highest BCUT2D eigenvalue weighted by atomic mass is 16.5. The highest BCUT2D eigenvalue weighted by Crippen LogP contribution is 2.13. The Morgan fingerprint density at radius 3 is 1.93 bits per heavy atom. The molecule has 1 rings (SSSR count). The minimum Gasteiger partial charge on any atom is -0.463 e. The summed E-state index contributed by atoms with van der Waals surface area (Å²) in [5.41, 5.74) is -0.455. The molecule has 0 bridgehead atoms. The first-order valence-electron chi connectivity index (χ1n) is 10.6. The van der Waals surface area contributed by atoms with Crippen molar-refractivity contribution >= 4 is 5.97 Å². The number of unbranched alkanes of at least 4 members (excludes halogenated alkanes) is 12. The zero-order valence-electron chi connectivity index (χ0n) is 16.8. The molecule has 0 unspecified atom stereocenters. The van der Waals surface area contributed by atoms with E-state index < -0.39 is 11.4 Å². The Labute approximate surface area is 163 Å². The lowest BCUT2D eigenvalue weighted by molar-refractivity contribution is -0.134. The van der Waals surface area contributed by atoms with Gasteiger partial charge in [-0.2, -0.15) is 0 Å². The first-order valence-corrected chi connectivity index (χ1v) is 10.6. The minimum atomic E-state index is -0.455. The fourth-order valence-corrected chi connectivity index (χ4v) is 3.06. The molecule has 0 fully saturated rings. The summed E-state index contributed by atoms with van der Waals surface area (Å²) in [6.45, 7) is 1.89. The molecule has 0 spiro atoms. The highest BCUT2D eigenvalue weighted by Gasteiger charge is 2.09. The fourth-order valence-electron chi connectivity index (χ4n) is 3.06. The van der Waals surface area contributed by atoms with Gasteiger partial charge in [0.1, 0.15) is 18.6 Å². The fraction of sp³-hybridized carbons (Fsp3) is 0.727. The number of rotatable bonds is 16. The Morgan fingerprint density at radius 1 is 0.926 bits per heavy atom. The number of hydrogen-bond donors (Lipinski definition) is 1. The van der Waals surface area contributed by atoms with Crippen molar-refractivity contribution in [2.24, 2.45) is 0 Å². The zero-order valence-corrected chi connectivity index (χ0v) is 16.8. The molecule has 0 saturated carbocycles. The van der Waals surface area contributed by atoms with E-state index in [0.717, 1.165) is 31.6 Å². The lowest BCUT2D eigenvalue weighted by Gasteiger charge is -2.04. The van der Waals surface area contributed by atoms with Crippen LogP contribution in [0.25, 0.3) is 0 Å². The Kier molecular flexibility index (Phi) is 13.4. The van der Waals surface area contributed by atoms with Crippen LogP contribution in [0.15, 0.2) is 21.5 Å². The maximum atomic E-state index is 11.8. The van der Waals surface area contributed by atoms with E-state index in [0.29, 0.717) is 6.42 Å². The van der Waals surface area contributed by atoms with Crippen molar-refractivity contribution in [2.45, 2.75) is 103 Å². The molecule has 154 valence electrons. The normalized spacial score (nSPS) is 10.9. The van der Waals surface area contributed by atoms with Gasteiger partial charge in [-0.25, -0.2) is 0 Å². The predicted octanol–water partition coefficient (Wildman–Crippen LogP) is 5.52. The van der Waals surface area contributed by atoms with Crippen LogP contribution in [0.3, 0.4) is 0 Å². The number of carbonyl (C=O) groups is 1. The molecule has 5 heteroatoms. The van der Waals surface area contributed by atoms with Crippen LogP contribution in [0.5, 0.6) is 5.75 Å². The van der Waals surface area contributed by atoms with Gasteiger partial charge in [0.15, 0.2) is 0 Å². The Balaban J connectivity index is 1.96. The number of aliphatic hydroxyl groups excluding tert-OH is 1. The predicted molar refractivity (Wildman–Crippen MR) is 107 cm³/mol. The van der Waals surface area contributed by atoms with Gasteiger partial charge >= 0.3 is 5.97 Å². The van der Waals surface area contributed by atoms with E-state index in [1.54, 1.807) is 0 Å². The van der Waals surface area contributed by atoms with Crippen LogP contribution in [-0.2, 0) is 11.4 Å². The summed E-state index contributed by atoms with van der Waals surface area (Å²) < 4.78 is 10.0. The van der Waals surface area contributed by atoms with E-state index in [1.807, 2.05) is 0 Å². The van der Waals surface area contributed by atoms with Gasteiger partial charge in [-0.05, 0) is 6.42 Å². The molecule has 27 heavy (non-hydrogen) atoms. The summed E-state index contributed by atoms with van der Waals surface area (Å²) in [4.78, 5) is 23.4. The molecule has 0 aliphatic heterocycles. The van der Waals surface area contributed by atoms with Crippen molar-refractivity contribution < 1.29 is 19.1 Å². The van der Waals surface area contributed by atoms with Crippen molar-refractivity contribution in [3.63, 3.8) is 0 Å². The molecular formula is C22H36O5. The average Bonchev–Trinajstić information content (AvgIpc) is 2.67. The maximum Gasteiger partial charge on any atom is 0.311 e. The summed E-state index contributed by atoms with van der Waals surface area (Å²) in [5.74, 6) is -0.384. The van der Waals surface area contributed by atoms with E-state index in [2.05, 4.69) is 6.92 Å². The summed E-state index contributed by atoms with van der Waals surface area (Å²) in [7, 11) is 0. The molecule has 0 saturated heterocycles. The van der Waals surface area contributed by atoms with Crippen molar-refractivity contribution in [1.29, 1.82) is 0 Å². The zero-order chi connectivity index (χ0) is 19.7. The van der Waals surface area contributed by atoms with Crippen LogP contribution in [-0.4, -0.2) is 11.1 Å². The van der Waals surface area contributed by atoms with Crippen LogP contribution in [0, 0.1) is 0 Å². The van der Waals surface area contributed by atoms with Gasteiger partial charge in [0.05, 0.1) is 0 Å². The van der Waals surface area contributed by atoms with Crippen molar-refractivity contribution in [2.75, 3.05) is 0 Å². The molecule has 1 N–H and O–H groups in total. The smallest absolute Gasteiger partial charge is 0.311 e. The van der Waals surface area contributed by atoms with Crippen LogP contribution in [0.2, 0.25) is 0 Å². The molecule has 1 heterocycles. The molecule has 1 aromatic rings. The lowest BCUT2D eigenvalue weighted by Crippen LogP contribution is -2.14. The first kappa shape index (κ1) is 23.4. The van der Waals surface area contributed by atoms with E-state index in [9.17, 15) is 9.59 Å². The minimum absolute atomic E-state index is 0.119. The van der Waals surface area contributed by atoms with Gasteiger partial charge < -0.3 is 14.3 Å². The van der Waals surface area contributed by atoms with Crippen LogP contribution in [0.4, 0.5) is 0 Å². The quantitative estimate of drug-likeness (QED) is 0.302. The summed E-state index contributed by atoms with van der Waals surface area (Å²) in [6.07, 6.45) is 17.6. The Morgan fingerprint density at radius 2 is 1.44 bits per heavy atom. The van der Waals surface area contributed by atoms with Gasteiger partial charge in [0.25, 0.3) is 0 Å². The van der Waals surface area contributed by atoms with Crippen LogP contribution >= 0.6 is 0 Å². The third-order valence-electron chi connectivity index (χ3n) is 4.72. The van der Waals surface area contributed by atoms with Gasteiger partial charge in [-0.3, -0.25) is 9.59 Å². The second kappa shape index (κ2) is 15.4.